The van der Waals surface area contributed by atoms with Crippen LogP contribution in [-0.4, -0.2) is 12.4 Å². The number of hydrogen-bond donors (Lipinski definition) is 2. The first-order chi connectivity index (χ1) is 7.86. The van der Waals surface area contributed by atoms with Crippen molar-refractivity contribution in [3.63, 3.8) is 0 Å². The molecule has 17 heavy (non-hydrogen) atoms. The van der Waals surface area contributed by atoms with Crippen LogP contribution in [0.25, 0.3) is 0 Å². The lowest BCUT2D eigenvalue weighted by atomic mass is 10.1. The quantitative estimate of drug-likeness (QED) is 0.634. The summed E-state index contributed by atoms with van der Waals surface area (Å²) in [4.78, 5) is 0. The Bertz CT molecular complexity index is 416. The number of nitrogens with two attached hydrogens (primary N) is 1. The number of amidine groups is 1. The molecule has 3 N–H and O–H groups in total. The summed E-state index contributed by atoms with van der Waals surface area (Å²) >= 11 is 0. The van der Waals surface area contributed by atoms with Crippen molar-refractivity contribution in [2.24, 2.45) is 5.73 Å². The highest BCUT2D eigenvalue weighted by Gasteiger charge is 2.34. The van der Waals surface area contributed by atoms with Crippen LogP contribution in [0.1, 0.15) is 24.5 Å². The van der Waals surface area contributed by atoms with E-state index in [2.05, 4.69) is 0 Å². The van der Waals surface area contributed by atoms with Crippen LogP contribution in [0.4, 0.5) is 13.2 Å². The van der Waals surface area contributed by atoms with Crippen LogP contribution in [0.3, 0.4) is 0 Å². The minimum atomic E-state index is -4.52. The summed E-state index contributed by atoms with van der Waals surface area (Å²) in [6, 6.07) is 3.24. The van der Waals surface area contributed by atoms with E-state index in [1.54, 1.807) is 0 Å². The van der Waals surface area contributed by atoms with Gasteiger partial charge in [-0.3, -0.25) is 5.41 Å². The second-order valence-electron chi connectivity index (χ2n) is 3.47. The summed E-state index contributed by atoms with van der Waals surface area (Å²) in [6.45, 7) is 2.29. The molecule has 0 spiro atoms. The average molecular weight is 246 g/mol. The van der Waals surface area contributed by atoms with Gasteiger partial charge in [0.2, 0.25) is 0 Å². The zero-order chi connectivity index (χ0) is 13.1. The monoisotopic (exact) mass is 246 g/mol. The smallest absolute Gasteiger partial charge is 0.417 e. The van der Waals surface area contributed by atoms with Gasteiger partial charge in [0.25, 0.3) is 0 Å². The Hall–Kier alpha value is -1.72. The second-order valence-corrected chi connectivity index (χ2v) is 3.47. The molecule has 0 saturated carbocycles. The number of benzene rings is 1. The number of nitrogens with one attached hydrogen (secondary N) is 1. The fraction of sp³-hybridized carbons (Fsp3) is 0.364. The molecule has 0 radical (unpaired) electrons. The molecule has 0 amide bonds. The van der Waals surface area contributed by atoms with Crippen molar-refractivity contribution in [2.75, 3.05) is 6.61 Å². The van der Waals surface area contributed by atoms with Gasteiger partial charge >= 0.3 is 6.18 Å². The zero-order valence-corrected chi connectivity index (χ0v) is 9.27. The van der Waals surface area contributed by atoms with E-state index in [1.165, 1.54) is 6.07 Å². The van der Waals surface area contributed by atoms with Crippen molar-refractivity contribution < 1.29 is 17.9 Å². The number of hydrogen-bond acceptors (Lipinski definition) is 2. The summed E-state index contributed by atoms with van der Waals surface area (Å²) in [5, 5.41) is 7.15. The van der Waals surface area contributed by atoms with Gasteiger partial charge in [0.15, 0.2) is 0 Å². The van der Waals surface area contributed by atoms with Crippen molar-refractivity contribution >= 4 is 5.84 Å². The SMILES string of the molecule is CCCOc1ccc(C(F)(F)F)c(C(=N)N)c1. The Morgan fingerprint density at radius 1 is 1.41 bits per heavy atom. The summed E-state index contributed by atoms with van der Waals surface area (Å²) < 4.78 is 43.0. The van der Waals surface area contributed by atoms with Gasteiger partial charge in [0, 0.05) is 5.56 Å². The Kier molecular flexibility index (Phi) is 3.98. The van der Waals surface area contributed by atoms with E-state index in [0.717, 1.165) is 18.6 Å². The second kappa shape index (κ2) is 5.07. The zero-order valence-electron chi connectivity index (χ0n) is 9.27. The van der Waals surface area contributed by atoms with E-state index >= 15 is 0 Å². The molecule has 3 nitrogen and oxygen atoms in total. The number of halogens is 3. The molecule has 0 atom stereocenters. The van der Waals surface area contributed by atoms with Crippen molar-refractivity contribution in [3.8, 4) is 5.75 Å². The molecule has 94 valence electrons. The third kappa shape index (κ3) is 3.37. The molecule has 0 fully saturated rings. The molecule has 1 aromatic carbocycles. The summed E-state index contributed by atoms with van der Waals surface area (Å²) in [7, 11) is 0. The first-order valence-electron chi connectivity index (χ1n) is 5.04. The van der Waals surface area contributed by atoms with Gasteiger partial charge in [-0.25, -0.2) is 0 Å². The molecule has 0 aliphatic carbocycles. The molecule has 1 rings (SSSR count). The maximum atomic E-state index is 12.6. The Morgan fingerprint density at radius 3 is 2.53 bits per heavy atom. The lowest BCUT2D eigenvalue weighted by Crippen LogP contribution is -2.19. The Balaban J connectivity index is 3.13. The van der Waals surface area contributed by atoms with E-state index in [1.807, 2.05) is 6.92 Å². The fourth-order valence-electron chi connectivity index (χ4n) is 1.30. The molecule has 0 heterocycles. The number of ether oxygens (including phenoxy) is 1. The van der Waals surface area contributed by atoms with Crippen LogP contribution in [0, 0.1) is 5.41 Å². The van der Waals surface area contributed by atoms with Crippen LogP contribution in [0.5, 0.6) is 5.75 Å². The summed E-state index contributed by atoms with van der Waals surface area (Å²) in [5.74, 6) is -0.343. The van der Waals surface area contributed by atoms with E-state index < -0.39 is 17.6 Å². The maximum absolute atomic E-state index is 12.6. The first-order valence-corrected chi connectivity index (χ1v) is 5.04. The van der Waals surface area contributed by atoms with Crippen LogP contribution in [0.2, 0.25) is 0 Å². The largest absolute Gasteiger partial charge is 0.494 e. The molecule has 0 aliphatic rings. The standard InChI is InChI=1S/C11H13F3N2O/c1-2-5-17-7-3-4-9(11(12,13)14)8(6-7)10(15)16/h3-4,6H,2,5H2,1H3,(H3,15,16). The third-order valence-electron chi connectivity index (χ3n) is 2.06. The average Bonchev–Trinajstić information content (AvgIpc) is 2.24. The van der Waals surface area contributed by atoms with E-state index in [0.29, 0.717) is 6.61 Å². The van der Waals surface area contributed by atoms with Gasteiger partial charge in [-0.1, -0.05) is 6.92 Å². The normalized spacial score (nSPS) is 11.3. The summed E-state index contributed by atoms with van der Waals surface area (Å²) in [5.41, 5.74) is 3.86. The van der Waals surface area contributed by atoms with Gasteiger partial charge < -0.3 is 10.5 Å². The van der Waals surface area contributed by atoms with Crippen LogP contribution in [-0.2, 0) is 6.18 Å². The van der Waals surface area contributed by atoms with Gasteiger partial charge in [0.05, 0.1) is 12.2 Å². The minimum absolute atomic E-state index is 0.282. The lowest BCUT2D eigenvalue weighted by Gasteiger charge is -2.13. The van der Waals surface area contributed by atoms with E-state index in [4.69, 9.17) is 15.9 Å². The maximum Gasteiger partial charge on any atom is 0.417 e. The van der Waals surface area contributed by atoms with E-state index in [-0.39, 0.29) is 11.3 Å². The molecule has 0 aliphatic heterocycles. The molecule has 6 heteroatoms. The van der Waals surface area contributed by atoms with E-state index in [9.17, 15) is 13.2 Å². The van der Waals surface area contributed by atoms with Crippen molar-refractivity contribution in [1.29, 1.82) is 5.41 Å². The van der Waals surface area contributed by atoms with Gasteiger partial charge in [0.1, 0.15) is 11.6 Å². The molecule has 0 bridgehead atoms. The molecular weight excluding hydrogens is 233 g/mol. The molecule has 0 aromatic heterocycles. The molecular formula is C11H13F3N2O. The van der Waals surface area contributed by atoms with Crippen molar-refractivity contribution in [3.05, 3.63) is 29.3 Å². The van der Waals surface area contributed by atoms with Crippen molar-refractivity contribution in [2.45, 2.75) is 19.5 Å². The fourth-order valence-corrected chi connectivity index (χ4v) is 1.30. The van der Waals surface area contributed by atoms with Crippen molar-refractivity contribution in [1.82, 2.24) is 0 Å². The van der Waals surface area contributed by atoms with Crippen LogP contribution >= 0.6 is 0 Å². The van der Waals surface area contributed by atoms with Gasteiger partial charge in [-0.15, -0.1) is 0 Å². The van der Waals surface area contributed by atoms with Gasteiger partial charge in [-0.2, -0.15) is 13.2 Å². The number of rotatable bonds is 4. The summed E-state index contributed by atoms with van der Waals surface area (Å²) in [6.07, 6.45) is -3.78. The predicted molar refractivity (Wildman–Crippen MR) is 58.2 cm³/mol. The Morgan fingerprint density at radius 2 is 2.06 bits per heavy atom. The minimum Gasteiger partial charge on any atom is -0.494 e. The first kappa shape index (κ1) is 13.3. The number of nitrogen functional groups attached to an aromatic ring is 1. The highest BCUT2D eigenvalue weighted by atomic mass is 19.4. The lowest BCUT2D eigenvalue weighted by molar-refractivity contribution is -0.137. The topological polar surface area (TPSA) is 59.1 Å². The van der Waals surface area contributed by atoms with Crippen LogP contribution < -0.4 is 10.5 Å². The molecule has 0 unspecified atom stereocenters. The van der Waals surface area contributed by atoms with Gasteiger partial charge in [-0.05, 0) is 24.6 Å². The third-order valence-corrected chi connectivity index (χ3v) is 2.06. The van der Waals surface area contributed by atoms with Crippen LogP contribution in [0.15, 0.2) is 18.2 Å². The molecule has 0 saturated heterocycles. The predicted octanol–water partition coefficient (Wildman–Crippen LogP) is 2.78. The highest BCUT2D eigenvalue weighted by Crippen LogP contribution is 2.33. The number of alkyl halides is 3. The molecule has 1 aromatic rings. The Labute approximate surface area is 96.9 Å². The highest BCUT2D eigenvalue weighted by molar-refractivity contribution is 5.97.